The Morgan fingerprint density at radius 3 is 2.73 bits per heavy atom. The zero-order valence-electron chi connectivity index (χ0n) is 8.96. The number of benzene rings is 1. The average Bonchev–Trinajstić information content (AvgIpc) is 2.75. The summed E-state index contributed by atoms with van der Waals surface area (Å²) in [5.41, 5.74) is 2.87. The molecule has 80 valence electrons. The van der Waals surface area contributed by atoms with Gasteiger partial charge in [-0.15, -0.1) is 0 Å². The number of allylic oxidation sites excluding steroid dienone is 1. The second-order valence-corrected chi connectivity index (χ2v) is 4.77. The van der Waals surface area contributed by atoms with E-state index in [1.54, 1.807) is 0 Å². The summed E-state index contributed by atoms with van der Waals surface area (Å²) in [5, 5.41) is 3.40. The Balaban J connectivity index is 2.30. The van der Waals surface area contributed by atoms with Crippen LogP contribution < -0.4 is 5.32 Å². The van der Waals surface area contributed by atoms with Crippen LogP contribution in [0.5, 0.6) is 0 Å². The molecule has 0 saturated heterocycles. The van der Waals surface area contributed by atoms with Crippen LogP contribution in [-0.2, 0) is 0 Å². The fourth-order valence-corrected chi connectivity index (χ4v) is 2.72. The van der Waals surface area contributed by atoms with Crippen LogP contribution in [0.3, 0.4) is 0 Å². The Bertz CT molecular complexity index is 371. The second-order valence-electron chi connectivity index (χ2n) is 3.91. The Morgan fingerprint density at radius 2 is 2.13 bits per heavy atom. The zero-order valence-corrected chi connectivity index (χ0v) is 10.5. The Labute approximate surface area is 99.7 Å². The van der Waals surface area contributed by atoms with Crippen LogP contribution in [0.4, 0.5) is 0 Å². The molecule has 0 aromatic heterocycles. The average molecular weight is 266 g/mol. The molecule has 1 aliphatic carbocycles. The standard InChI is InChI=1S/C13H16BrN/c1-15-13(10-6-2-3-7-10)11-8-4-5-9-12(11)14/h4-6,8-9,13,15H,2-3,7H2,1H3. The molecule has 2 rings (SSSR count). The Kier molecular flexibility index (Phi) is 3.60. The summed E-state index contributed by atoms with van der Waals surface area (Å²) in [6.07, 6.45) is 6.14. The lowest BCUT2D eigenvalue weighted by Crippen LogP contribution is -2.18. The largest absolute Gasteiger partial charge is 0.310 e. The molecular weight excluding hydrogens is 250 g/mol. The number of halogens is 1. The summed E-state index contributed by atoms with van der Waals surface area (Å²) in [6.45, 7) is 0. The first-order valence-electron chi connectivity index (χ1n) is 5.43. The molecule has 1 aliphatic rings. The van der Waals surface area contributed by atoms with Crippen molar-refractivity contribution in [1.29, 1.82) is 0 Å². The summed E-state index contributed by atoms with van der Waals surface area (Å²) in [7, 11) is 2.03. The lowest BCUT2D eigenvalue weighted by atomic mass is 9.98. The van der Waals surface area contributed by atoms with Crippen LogP contribution in [-0.4, -0.2) is 7.05 Å². The Morgan fingerprint density at radius 1 is 1.33 bits per heavy atom. The lowest BCUT2D eigenvalue weighted by molar-refractivity contribution is 0.653. The van der Waals surface area contributed by atoms with E-state index in [-0.39, 0.29) is 0 Å². The molecule has 0 spiro atoms. The van der Waals surface area contributed by atoms with Crippen molar-refractivity contribution >= 4 is 15.9 Å². The van der Waals surface area contributed by atoms with E-state index in [0.717, 1.165) is 0 Å². The molecule has 15 heavy (non-hydrogen) atoms. The fourth-order valence-electron chi connectivity index (χ4n) is 2.21. The third kappa shape index (κ3) is 2.32. The molecule has 1 unspecified atom stereocenters. The SMILES string of the molecule is CNC(C1=CCCC1)c1ccccc1Br. The van der Waals surface area contributed by atoms with Gasteiger partial charge in [-0.1, -0.05) is 45.8 Å². The van der Waals surface area contributed by atoms with Gasteiger partial charge in [0.1, 0.15) is 0 Å². The van der Waals surface area contributed by atoms with Gasteiger partial charge in [-0.2, -0.15) is 0 Å². The maximum absolute atomic E-state index is 3.62. The highest BCUT2D eigenvalue weighted by Gasteiger charge is 2.18. The predicted molar refractivity (Wildman–Crippen MR) is 67.9 cm³/mol. The normalized spacial score (nSPS) is 17.6. The molecule has 0 heterocycles. The van der Waals surface area contributed by atoms with Gasteiger partial charge in [0, 0.05) is 4.47 Å². The number of hydrogen-bond acceptors (Lipinski definition) is 1. The molecule has 0 fully saturated rings. The molecular formula is C13H16BrN. The number of nitrogens with one attached hydrogen (secondary N) is 1. The van der Waals surface area contributed by atoms with Gasteiger partial charge in [-0.3, -0.25) is 0 Å². The molecule has 1 aromatic carbocycles. The summed E-state index contributed by atoms with van der Waals surface area (Å²) in [6, 6.07) is 8.83. The van der Waals surface area contributed by atoms with E-state index in [0.29, 0.717) is 6.04 Å². The van der Waals surface area contributed by atoms with Crippen molar-refractivity contribution in [3.8, 4) is 0 Å². The first kappa shape index (κ1) is 10.9. The van der Waals surface area contributed by atoms with Crippen molar-refractivity contribution in [1.82, 2.24) is 5.32 Å². The molecule has 0 bridgehead atoms. The van der Waals surface area contributed by atoms with E-state index < -0.39 is 0 Å². The van der Waals surface area contributed by atoms with E-state index in [9.17, 15) is 0 Å². The van der Waals surface area contributed by atoms with E-state index in [1.165, 1.54) is 34.9 Å². The highest BCUT2D eigenvalue weighted by molar-refractivity contribution is 9.10. The highest BCUT2D eigenvalue weighted by Crippen LogP contribution is 2.33. The quantitative estimate of drug-likeness (QED) is 0.820. The molecule has 0 saturated carbocycles. The van der Waals surface area contributed by atoms with Gasteiger partial charge in [0.25, 0.3) is 0 Å². The maximum atomic E-state index is 3.62. The van der Waals surface area contributed by atoms with Gasteiger partial charge in [-0.25, -0.2) is 0 Å². The molecule has 1 aromatic rings. The number of likely N-dealkylation sites (N-methyl/N-ethyl adjacent to an activating group) is 1. The van der Waals surface area contributed by atoms with Crippen LogP contribution in [0.2, 0.25) is 0 Å². The molecule has 0 aliphatic heterocycles. The third-order valence-electron chi connectivity index (χ3n) is 2.95. The smallest absolute Gasteiger partial charge is 0.0544 e. The van der Waals surface area contributed by atoms with Crippen molar-refractivity contribution in [3.05, 3.63) is 46.0 Å². The zero-order chi connectivity index (χ0) is 10.7. The molecule has 1 N–H and O–H groups in total. The molecule has 0 amide bonds. The minimum absolute atomic E-state index is 0.378. The third-order valence-corrected chi connectivity index (χ3v) is 3.67. The molecule has 2 heteroatoms. The number of rotatable bonds is 3. The maximum Gasteiger partial charge on any atom is 0.0544 e. The summed E-state index contributed by atoms with van der Waals surface area (Å²) in [4.78, 5) is 0. The minimum Gasteiger partial charge on any atom is -0.310 e. The van der Waals surface area contributed by atoms with Crippen molar-refractivity contribution in [2.24, 2.45) is 0 Å². The molecule has 1 atom stereocenters. The van der Waals surface area contributed by atoms with Gasteiger partial charge >= 0.3 is 0 Å². The molecule has 0 radical (unpaired) electrons. The van der Waals surface area contributed by atoms with Crippen molar-refractivity contribution in [3.63, 3.8) is 0 Å². The van der Waals surface area contributed by atoms with E-state index in [2.05, 4.69) is 51.6 Å². The van der Waals surface area contributed by atoms with Gasteiger partial charge in [0.05, 0.1) is 6.04 Å². The monoisotopic (exact) mass is 265 g/mol. The lowest BCUT2D eigenvalue weighted by Gasteiger charge is -2.19. The van der Waals surface area contributed by atoms with Crippen LogP contribution in [0.1, 0.15) is 30.9 Å². The van der Waals surface area contributed by atoms with Crippen LogP contribution >= 0.6 is 15.9 Å². The van der Waals surface area contributed by atoms with Gasteiger partial charge in [-0.05, 0) is 37.9 Å². The van der Waals surface area contributed by atoms with E-state index in [1.807, 2.05) is 7.05 Å². The fraction of sp³-hybridized carbons (Fsp3) is 0.385. The first-order valence-corrected chi connectivity index (χ1v) is 6.23. The highest BCUT2D eigenvalue weighted by atomic mass is 79.9. The summed E-state index contributed by atoms with van der Waals surface area (Å²) >= 11 is 3.62. The second kappa shape index (κ2) is 4.95. The van der Waals surface area contributed by atoms with E-state index in [4.69, 9.17) is 0 Å². The van der Waals surface area contributed by atoms with Gasteiger partial charge in [0.15, 0.2) is 0 Å². The van der Waals surface area contributed by atoms with Gasteiger partial charge in [0.2, 0.25) is 0 Å². The van der Waals surface area contributed by atoms with E-state index >= 15 is 0 Å². The topological polar surface area (TPSA) is 12.0 Å². The van der Waals surface area contributed by atoms with Crippen LogP contribution in [0.25, 0.3) is 0 Å². The summed E-state index contributed by atoms with van der Waals surface area (Å²) < 4.78 is 1.19. The first-order chi connectivity index (χ1) is 7.33. The van der Waals surface area contributed by atoms with Crippen LogP contribution in [0.15, 0.2) is 40.4 Å². The van der Waals surface area contributed by atoms with Crippen molar-refractivity contribution in [2.45, 2.75) is 25.3 Å². The minimum atomic E-state index is 0.378. The molecule has 1 nitrogen and oxygen atoms in total. The number of hydrogen-bond donors (Lipinski definition) is 1. The summed E-state index contributed by atoms with van der Waals surface area (Å²) in [5.74, 6) is 0. The van der Waals surface area contributed by atoms with Crippen molar-refractivity contribution in [2.75, 3.05) is 7.05 Å². The van der Waals surface area contributed by atoms with Crippen molar-refractivity contribution < 1.29 is 0 Å². The van der Waals surface area contributed by atoms with Crippen LogP contribution in [0, 0.1) is 0 Å². The van der Waals surface area contributed by atoms with Gasteiger partial charge < -0.3 is 5.32 Å². The predicted octanol–water partition coefficient (Wildman–Crippen LogP) is 3.82. The Hall–Kier alpha value is -0.600.